The van der Waals surface area contributed by atoms with Gasteiger partial charge in [-0.3, -0.25) is 4.79 Å². The molecular weight excluding hydrogens is 248 g/mol. The summed E-state index contributed by atoms with van der Waals surface area (Å²) in [5, 5.41) is 19.1. The Morgan fingerprint density at radius 2 is 2.11 bits per heavy atom. The van der Waals surface area contributed by atoms with Gasteiger partial charge < -0.3 is 10.4 Å². The van der Waals surface area contributed by atoms with E-state index in [1.165, 1.54) is 4.68 Å². The standard InChI is InChI=1S/C12H20N4O3/c1-4-6-8(3)13-10(17)7-16-9(5-2)11(12(18)19)14-15-16/h8H,4-7H2,1-3H3,(H,13,17)(H,18,19). The molecule has 1 atom stereocenters. The number of aromatic nitrogens is 3. The number of aromatic carboxylic acids is 1. The molecule has 0 aliphatic heterocycles. The van der Waals surface area contributed by atoms with Crippen molar-refractivity contribution in [1.82, 2.24) is 20.3 Å². The second-order valence-electron chi connectivity index (χ2n) is 4.46. The SMILES string of the molecule is CCCC(C)NC(=O)Cn1nnc(C(=O)O)c1CC. The minimum atomic E-state index is -1.12. The predicted octanol–water partition coefficient (Wildman–Crippen LogP) is 0.843. The molecule has 0 spiro atoms. The number of nitrogens with one attached hydrogen (secondary N) is 1. The van der Waals surface area contributed by atoms with Crippen LogP contribution >= 0.6 is 0 Å². The Kier molecular flexibility index (Phi) is 5.47. The van der Waals surface area contributed by atoms with Gasteiger partial charge in [0, 0.05) is 6.04 Å². The van der Waals surface area contributed by atoms with Crippen LogP contribution in [-0.4, -0.2) is 38.0 Å². The average Bonchev–Trinajstić information content (AvgIpc) is 2.71. The summed E-state index contributed by atoms with van der Waals surface area (Å²) in [4.78, 5) is 22.7. The van der Waals surface area contributed by atoms with Crippen LogP contribution in [0.2, 0.25) is 0 Å². The highest BCUT2D eigenvalue weighted by molar-refractivity contribution is 5.86. The van der Waals surface area contributed by atoms with E-state index < -0.39 is 5.97 Å². The summed E-state index contributed by atoms with van der Waals surface area (Å²) in [6.45, 7) is 5.79. The first-order valence-electron chi connectivity index (χ1n) is 6.44. The van der Waals surface area contributed by atoms with Gasteiger partial charge in [0.05, 0.1) is 5.69 Å². The fraction of sp³-hybridized carbons (Fsp3) is 0.667. The number of carboxylic acid groups (broad SMARTS) is 1. The normalized spacial score (nSPS) is 12.2. The monoisotopic (exact) mass is 268 g/mol. The van der Waals surface area contributed by atoms with Crippen LogP contribution in [0.4, 0.5) is 0 Å². The zero-order valence-corrected chi connectivity index (χ0v) is 11.5. The molecule has 0 saturated heterocycles. The summed E-state index contributed by atoms with van der Waals surface area (Å²) in [7, 11) is 0. The molecule has 0 radical (unpaired) electrons. The molecule has 0 saturated carbocycles. The third-order valence-corrected chi connectivity index (χ3v) is 2.80. The fourth-order valence-electron chi connectivity index (χ4n) is 1.94. The van der Waals surface area contributed by atoms with Gasteiger partial charge in [-0.2, -0.15) is 0 Å². The molecule has 0 aliphatic rings. The number of carbonyl (C=O) groups excluding carboxylic acids is 1. The van der Waals surface area contributed by atoms with E-state index in [1.54, 1.807) is 6.92 Å². The first kappa shape index (κ1) is 15.1. The van der Waals surface area contributed by atoms with E-state index in [-0.39, 0.29) is 24.2 Å². The third kappa shape index (κ3) is 4.04. The van der Waals surface area contributed by atoms with Gasteiger partial charge in [-0.15, -0.1) is 5.10 Å². The van der Waals surface area contributed by atoms with Crippen LogP contribution in [0.5, 0.6) is 0 Å². The van der Waals surface area contributed by atoms with Gasteiger partial charge in [0.1, 0.15) is 6.54 Å². The number of carboxylic acids is 1. The predicted molar refractivity (Wildman–Crippen MR) is 68.9 cm³/mol. The lowest BCUT2D eigenvalue weighted by Gasteiger charge is -2.13. The van der Waals surface area contributed by atoms with Crippen molar-refractivity contribution >= 4 is 11.9 Å². The molecular formula is C12H20N4O3. The Balaban J connectivity index is 2.72. The van der Waals surface area contributed by atoms with Crippen molar-refractivity contribution in [3.63, 3.8) is 0 Å². The molecule has 0 bridgehead atoms. The molecule has 1 amide bonds. The summed E-state index contributed by atoms with van der Waals surface area (Å²) in [5.74, 6) is -1.31. The number of hydrogen-bond donors (Lipinski definition) is 2. The smallest absolute Gasteiger partial charge is 0.358 e. The van der Waals surface area contributed by atoms with Crippen LogP contribution in [0, 0.1) is 0 Å². The van der Waals surface area contributed by atoms with Crippen LogP contribution < -0.4 is 5.32 Å². The van der Waals surface area contributed by atoms with Crippen LogP contribution in [0.15, 0.2) is 0 Å². The molecule has 7 heteroatoms. The molecule has 1 aromatic heterocycles. The van der Waals surface area contributed by atoms with Crippen LogP contribution in [-0.2, 0) is 17.8 Å². The summed E-state index contributed by atoms with van der Waals surface area (Å²) < 4.78 is 1.34. The minimum Gasteiger partial charge on any atom is -0.476 e. The number of amides is 1. The molecule has 7 nitrogen and oxygen atoms in total. The maximum absolute atomic E-state index is 11.8. The van der Waals surface area contributed by atoms with Gasteiger partial charge in [-0.25, -0.2) is 9.48 Å². The molecule has 106 valence electrons. The summed E-state index contributed by atoms with van der Waals surface area (Å²) in [5.41, 5.74) is 0.378. The first-order chi connectivity index (χ1) is 8.99. The van der Waals surface area contributed by atoms with Gasteiger partial charge in [0.15, 0.2) is 5.69 Å². The molecule has 0 aliphatic carbocycles. The van der Waals surface area contributed by atoms with Gasteiger partial charge >= 0.3 is 5.97 Å². The second kappa shape index (κ2) is 6.86. The lowest BCUT2D eigenvalue weighted by Crippen LogP contribution is -2.35. The van der Waals surface area contributed by atoms with Crippen LogP contribution in [0.1, 0.15) is 49.8 Å². The Morgan fingerprint density at radius 3 is 2.63 bits per heavy atom. The van der Waals surface area contributed by atoms with Crippen molar-refractivity contribution in [2.75, 3.05) is 0 Å². The van der Waals surface area contributed by atoms with Gasteiger partial charge in [-0.1, -0.05) is 25.5 Å². The van der Waals surface area contributed by atoms with E-state index in [4.69, 9.17) is 5.11 Å². The number of rotatable bonds is 7. The highest BCUT2D eigenvalue weighted by Crippen LogP contribution is 2.06. The molecule has 0 aromatic carbocycles. The van der Waals surface area contributed by atoms with Crippen molar-refractivity contribution < 1.29 is 14.7 Å². The summed E-state index contributed by atoms with van der Waals surface area (Å²) >= 11 is 0. The highest BCUT2D eigenvalue weighted by Gasteiger charge is 2.19. The Labute approximate surface area is 112 Å². The maximum Gasteiger partial charge on any atom is 0.358 e. The van der Waals surface area contributed by atoms with Crippen molar-refractivity contribution in [3.8, 4) is 0 Å². The zero-order chi connectivity index (χ0) is 14.4. The molecule has 2 N–H and O–H groups in total. The van der Waals surface area contributed by atoms with Crippen molar-refractivity contribution in [3.05, 3.63) is 11.4 Å². The van der Waals surface area contributed by atoms with Crippen molar-refractivity contribution in [2.24, 2.45) is 0 Å². The van der Waals surface area contributed by atoms with Crippen molar-refractivity contribution in [2.45, 2.75) is 52.6 Å². The Hall–Kier alpha value is -1.92. The van der Waals surface area contributed by atoms with E-state index in [9.17, 15) is 9.59 Å². The van der Waals surface area contributed by atoms with Gasteiger partial charge in [0.2, 0.25) is 5.91 Å². The Morgan fingerprint density at radius 1 is 1.42 bits per heavy atom. The Bertz CT molecular complexity index is 456. The van der Waals surface area contributed by atoms with Gasteiger partial charge in [-0.05, 0) is 19.8 Å². The van der Waals surface area contributed by atoms with E-state index in [2.05, 4.69) is 22.6 Å². The molecule has 1 unspecified atom stereocenters. The molecule has 0 fully saturated rings. The number of hydrogen-bond acceptors (Lipinski definition) is 4. The van der Waals surface area contributed by atoms with Crippen LogP contribution in [0.25, 0.3) is 0 Å². The fourth-order valence-corrected chi connectivity index (χ4v) is 1.94. The zero-order valence-electron chi connectivity index (χ0n) is 11.5. The summed E-state index contributed by atoms with van der Waals surface area (Å²) in [6, 6.07) is 0.102. The maximum atomic E-state index is 11.8. The third-order valence-electron chi connectivity index (χ3n) is 2.80. The second-order valence-corrected chi connectivity index (χ2v) is 4.46. The van der Waals surface area contributed by atoms with Crippen LogP contribution in [0.3, 0.4) is 0 Å². The van der Waals surface area contributed by atoms with Gasteiger partial charge in [0.25, 0.3) is 0 Å². The first-order valence-corrected chi connectivity index (χ1v) is 6.44. The minimum absolute atomic E-state index is 0.00247. The highest BCUT2D eigenvalue weighted by atomic mass is 16.4. The lowest BCUT2D eigenvalue weighted by molar-refractivity contribution is -0.122. The van der Waals surface area contributed by atoms with Crippen molar-refractivity contribution in [1.29, 1.82) is 0 Å². The molecule has 1 aromatic rings. The molecule has 1 heterocycles. The van der Waals surface area contributed by atoms with E-state index in [0.717, 1.165) is 12.8 Å². The molecule has 19 heavy (non-hydrogen) atoms. The van der Waals surface area contributed by atoms with E-state index >= 15 is 0 Å². The molecule has 1 rings (SSSR count). The number of carbonyl (C=O) groups is 2. The summed E-state index contributed by atoms with van der Waals surface area (Å²) in [6.07, 6.45) is 2.37. The largest absolute Gasteiger partial charge is 0.476 e. The lowest BCUT2D eigenvalue weighted by atomic mass is 10.2. The topological polar surface area (TPSA) is 97.1 Å². The quantitative estimate of drug-likeness (QED) is 0.764. The van der Waals surface area contributed by atoms with E-state index in [0.29, 0.717) is 12.1 Å². The average molecular weight is 268 g/mol. The van der Waals surface area contributed by atoms with E-state index in [1.807, 2.05) is 6.92 Å². The number of nitrogens with zero attached hydrogens (tertiary/aromatic N) is 3.